The Morgan fingerprint density at radius 1 is 1.24 bits per heavy atom. The molecule has 1 aliphatic rings. The molecule has 1 fully saturated rings. The van der Waals surface area contributed by atoms with E-state index in [4.69, 9.17) is 4.74 Å². The molecule has 0 aromatic rings. The number of hydrogen-bond donors (Lipinski definition) is 3. The van der Waals surface area contributed by atoms with Gasteiger partial charge in [-0.25, -0.2) is 0 Å². The van der Waals surface area contributed by atoms with E-state index in [1.165, 1.54) is 7.11 Å². The van der Waals surface area contributed by atoms with Gasteiger partial charge in [-0.05, 0) is 0 Å². The van der Waals surface area contributed by atoms with Crippen LogP contribution in [0.4, 0.5) is 0 Å². The van der Waals surface area contributed by atoms with Gasteiger partial charge in [0.15, 0.2) is 6.29 Å². The Hall–Kier alpha value is -0.0900. The minimum atomic E-state index is -5.20. The van der Waals surface area contributed by atoms with Gasteiger partial charge >= 0.3 is 0 Å². The third-order valence-corrected chi connectivity index (χ3v) is 2.76. The highest BCUT2D eigenvalue weighted by Gasteiger charge is 2.43. The molecule has 10 heteroatoms. The summed E-state index contributed by atoms with van der Waals surface area (Å²) in [6.07, 6.45) is -7.23. The Labute approximate surface area is 96.8 Å². The molecule has 0 bridgehead atoms. The Balaban J connectivity index is 2.62. The lowest BCUT2D eigenvalue weighted by Gasteiger charge is -2.41. The molecular weight excluding hydrogens is 259 g/mol. The topological polar surface area (TPSA) is 152 Å². The fraction of sp³-hybridized carbons (Fsp3) is 1.00. The summed E-state index contributed by atoms with van der Waals surface area (Å²) in [6, 6.07) is 0. The van der Waals surface area contributed by atoms with E-state index >= 15 is 0 Å². The van der Waals surface area contributed by atoms with E-state index in [-0.39, 0.29) is 0 Å². The number of aliphatic hydroxyl groups is 3. The first-order valence-corrected chi connectivity index (χ1v) is 6.11. The lowest BCUT2D eigenvalue weighted by atomic mass is 9.99. The third-order valence-electron chi connectivity index (χ3n) is 2.30. The predicted molar refractivity (Wildman–Crippen MR) is 47.2 cm³/mol. The smallest absolute Gasteiger partial charge is 0.186 e. The number of rotatable bonds is 4. The number of methoxy groups -OCH3 is 1. The number of phosphoric acid groups is 1. The zero-order chi connectivity index (χ0) is 13.2. The van der Waals surface area contributed by atoms with Crippen molar-refractivity contribution in [1.29, 1.82) is 0 Å². The molecule has 0 unspecified atom stereocenters. The van der Waals surface area contributed by atoms with Crippen LogP contribution in [0.3, 0.4) is 0 Å². The van der Waals surface area contributed by atoms with Gasteiger partial charge in [-0.3, -0.25) is 0 Å². The minimum Gasteiger partial charge on any atom is -0.790 e. The normalized spacial score (nSPS) is 39.3. The zero-order valence-corrected chi connectivity index (χ0v) is 9.73. The van der Waals surface area contributed by atoms with E-state index in [9.17, 15) is 29.7 Å². The lowest BCUT2D eigenvalue weighted by molar-refractivity contribution is -0.347. The van der Waals surface area contributed by atoms with Crippen LogP contribution in [0.1, 0.15) is 0 Å². The van der Waals surface area contributed by atoms with Gasteiger partial charge in [-0.1, -0.05) is 0 Å². The van der Waals surface area contributed by atoms with Gasteiger partial charge in [0.1, 0.15) is 24.4 Å². The molecule has 0 aromatic carbocycles. The van der Waals surface area contributed by atoms with Crippen LogP contribution in [0.15, 0.2) is 0 Å². The summed E-state index contributed by atoms with van der Waals surface area (Å²) in [4.78, 5) is 20.5. The first-order valence-electron chi connectivity index (χ1n) is 4.65. The van der Waals surface area contributed by atoms with Gasteiger partial charge < -0.3 is 43.7 Å². The summed E-state index contributed by atoms with van der Waals surface area (Å²) >= 11 is 0. The standard InChI is InChI=1S/C7H15O9P/c1-14-7-6(10)5(9)4(8)3(16-7)2-15-17(11,12)13/h3-10H,2H2,1H3,(H2,11,12,13)/p-2/t3-,4-,5+,6+,7+/m1/s1. The summed E-state index contributed by atoms with van der Waals surface area (Å²) in [5.41, 5.74) is 0. The van der Waals surface area contributed by atoms with E-state index in [0.29, 0.717) is 0 Å². The van der Waals surface area contributed by atoms with E-state index in [1.807, 2.05) is 0 Å². The molecule has 0 aliphatic carbocycles. The average Bonchev–Trinajstić information content (AvgIpc) is 2.24. The molecule has 9 nitrogen and oxygen atoms in total. The second-order valence-electron chi connectivity index (χ2n) is 3.49. The number of aliphatic hydroxyl groups excluding tert-OH is 3. The highest BCUT2D eigenvalue weighted by Crippen LogP contribution is 2.28. The molecule has 0 amide bonds. The largest absolute Gasteiger partial charge is 0.790 e. The van der Waals surface area contributed by atoms with E-state index < -0.39 is 45.1 Å². The molecule has 102 valence electrons. The Kier molecular flexibility index (Phi) is 5.02. The molecule has 0 radical (unpaired) electrons. The van der Waals surface area contributed by atoms with Crippen molar-refractivity contribution in [1.82, 2.24) is 0 Å². The molecule has 5 atom stereocenters. The fourth-order valence-electron chi connectivity index (χ4n) is 1.41. The summed E-state index contributed by atoms with van der Waals surface area (Å²) in [5, 5.41) is 28.2. The maximum atomic E-state index is 10.2. The molecule has 1 saturated heterocycles. The SMILES string of the molecule is CO[C@H]1O[C@H](COP(=O)([O-])[O-])[C@@H](O)[C@H](O)[C@@H]1O. The lowest BCUT2D eigenvalue weighted by Crippen LogP contribution is -2.59. The van der Waals surface area contributed by atoms with Crippen LogP contribution in [0.2, 0.25) is 0 Å². The monoisotopic (exact) mass is 272 g/mol. The first-order chi connectivity index (χ1) is 7.76. The van der Waals surface area contributed by atoms with E-state index in [0.717, 1.165) is 0 Å². The van der Waals surface area contributed by atoms with Crippen molar-refractivity contribution in [3.8, 4) is 0 Å². The van der Waals surface area contributed by atoms with Gasteiger partial charge in [-0.15, -0.1) is 0 Å². The Morgan fingerprint density at radius 2 is 1.82 bits per heavy atom. The highest BCUT2D eigenvalue weighted by atomic mass is 31.2. The Morgan fingerprint density at radius 3 is 2.29 bits per heavy atom. The molecule has 3 N–H and O–H groups in total. The van der Waals surface area contributed by atoms with Crippen molar-refractivity contribution < 1.29 is 43.7 Å². The van der Waals surface area contributed by atoms with Gasteiger partial charge in [0.2, 0.25) is 0 Å². The third kappa shape index (κ3) is 3.95. The number of phosphoric ester groups is 1. The molecule has 17 heavy (non-hydrogen) atoms. The summed E-state index contributed by atoms with van der Waals surface area (Å²) < 4.78 is 23.8. The minimum absolute atomic E-state index is 0.769. The zero-order valence-electron chi connectivity index (χ0n) is 8.83. The van der Waals surface area contributed by atoms with Crippen molar-refractivity contribution in [3.05, 3.63) is 0 Å². The second kappa shape index (κ2) is 5.70. The van der Waals surface area contributed by atoms with Crippen LogP contribution < -0.4 is 9.79 Å². The molecule has 1 heterocycles. The van der Waals surface area contributed by atoms with Crippen molar-refractivity contribution >= 4 is 7.82 Å². The maximum absolute atomic E-state index is 10.2. The molecule has 0 aromatic heterocycles. The van der Waals surface area contributed by atoms with Crippen molar-refractivity contribution in [3.63, 3.8) is 0 Å². The molecule has 0 spiro atoms. The Bertz CT molecular complexity index is 289. The van der Waals surface area contributed by atoms with Crippen LogP contribution in [0.5, 0.6) is 0 Å². The van der Waals surface area contributed by atoms with E-state index in [2.05, 4.69) is 9.26 Å². The summed E-state index contributed by atoms with van der Waals surface area (Å²) in [7, 11) is -4.02. The van der Waals surface area contributed by atoms with Gasteiger partial charge in [0.25, 0.3) is 0 Å². The number of ether oxygens (including phenoxy) is 2. The van der Waals surface area contributed by atoms with Crippen LogP contribution in [-0.4, -0.2) is 59.7 Å². The van der Waals surface area contributed by atoms with Gasteiger partial charge in [-0.2, -0.15) is 0 Å². The average molecular weight is 272 g/mol. The summed E-state index contributed by atoms with van der Waals surface area (Å²) in [6.45, 7) is -0.769. The van der Waals surface area contributed by atoms with Gasteiger partial charge in [0, 0.05) is 7.11 Å². The highest BCUT2D eigenvalue weighted by molar-refractivity contribution is 7.43. The number of hydrogen-bond acceptors (Lipinski definition) is 9. The first kappa shape index (κ1) is 15.0. The quantitative estimate of drug-likeness (QED) is 0.438. The van der Waals surface area contributed by atoms with Crippen LogP contribution in [-0.2, 0) is 18.6 Å². The van der Waals surface area contributed by atoms with Crippen molar-refractivity contribution in [2.24, 2.45) is 0 Å². The fourth-order valence-corrected chi connectivity index (χ4v) is 1.74. The molecule has 1 aliphatic heterocycles. The van der Waals surface area contributed by atoms with Crippen molar-refractivity contribution in [2.45, 2.75) is 30.7 Å². The predicted octanol–water partition coefficient (Wildman–Crippen LogP) is -3.71. The van der Waals surface area contributed by atoms with Crippen LogP contribution in [0.25, 0.3) is 0 Å². The molecule has 0 saturated carbocycles. The maximum Gasteiger partial charge on any atom is 0.186 e. The van der Waals surface area contributed by atoms with Gasteiger partial charge in [0.05, 0.1) is 14.4 Å². The molecule has 1 rings (SSSR count). The summed E-state index contributed by atoms with van der Waals surface area (Å²) in [5.74, 6) is 0. The molecular formula is C7H13O9P-2. The van der Waals surface area contributed by atoms with Crippen LogP contribution >= 0.6 is 7.82 Å². The van der Waals surface area contributed by atoms with E-state index in [1.54, 1.807) is 0 Å². The van der Waals surface area contributed by atoms with Crippen LogP contribution in [0, 0.1) is 0 Å². The second-order valence-corrected chi connectivity index (χ2v) is 4.65. The van der Waals surface area contributed by atoms with Crippen molar-refractivity contribution in [2.75, 3.05) is 13.7 Å².